The molecule has 0 bridgehead atoms. The number of halogens is 1. The summed E-state index contributed by atoms with van der Waals surface area (Å²) in [6, 6.07) is 7.12. The van der Waals surface area contributed by atoms with Gasteiger partial charge >= 0.3 is 0 Å². The van der Waals surface area contributed by atoms with Crippen LogP contribution in [0.2, 0.25) is 0 Å². The van der Waals surface area contributed by atoms with Crippen molar-refractivity contribution in [1.29, 1.82) is 0 Å². The van der Waals surface area contributed by atoms with Crippen LogP contribution in [0.15, 0.2) is 54.3 Å². The number of hydrogen-bond acceptors (Lipinski definition) is 6. The Balaban J connectivity index is 1.55. The minimum atomic E-state index is -0.634. The largest absolute Gasteiger partial charge is 0.335 e. The number of amides is 2. The van der Waals surface area contributed by atoms with Gasteiger partial charge in [0.1, 0.15) is 10.8 Å². The first kappa shape index (κ1) is 18.7. The molecule has 2 amide bonds. The number of carbonyl (C=O) groups excluding carboxylic acids is 2. The van der Waals surface area contributed by atoms with E-state index in [0.717, 1.165) is 17.1 Å². The predicted molar refractivity (Wildman–Crippen MR) is 105 cm³/mol. The fraction of sp³-hybridized carbons (Fsp3) is 0.105. The van der Waals surface area contributed by atoms with Gasteiger partial charge in [-0.3, -0.25) is 9.59 Å². The highest BCUT2D eigenvalue weighted by atomic mass is 32.1. The minimum Gasteiger partial charge on any atom is -0.335 e. The van der Waals surface area contributed by atoms with E-state index in [0.29, 0.717) is 12.2 Å². The Morgan fingerprint density at radius 1 is 1.24 bits per heavy atom. The van der Waals surface area contributed by atoms with Crippen molar-refractivity contribution in [2.75, 3.05) is 12.4 Å². The maximum Gasteiger partial charge on any atom is 0.276 e. The van der Waals surface area contributed by atoms with Crippen molar-refractivity contribution in [3.8, 4) is 0 Å². The molecule has 1 N–H and O–H groups in total. The van der Waals surface area contributed by atoms with Gasteiger partial charge in [0.15, 0.2) is 11.3 Å². The lowest BCUT2D eigenvalue weighted by Gasteiger charge is -2.16. The van der Waals surface area contributed by atoms with E-state index < -0.39 is 11.7 Å². The number of fused-ring (bicyclic) bond motifs is 1. The second-order valence-corrected chi connectivity index (χ2v) is 7.19. The molecule has 4 rings (SSSR count). The molecule has 0 fully saturated rings. The van der Waals surface area contributed by atoms with Crippen molar-refractivity contribution in [3.05, 3.63) is 76.4 Å². The van der Waals surface area contributed by atoms with Gasteiger partial charge in [-0.05, 0) is 30.3 Å². The molecule has 8 nitrogen and oxygen atoms in total. The number of benzene rings is 1. The number of thiazole rings is 1. The van der Waals surface area contributed by atoms with E-state index in [-0.39, 0.29) is 22.9 Å². The van der Waals surface area contributed by atoms with E-state index in [1.54, 1.807) is 25.4 Å². The summed E-state index contributed by atoms with van der Waals surface area (Å²) in [6.07, 6.45) is 4.57. The molecule has 29 heavy (non-hydrogen) atoms. The summed E-state index contributed by atoms with van der Waals surface area (Å²) in [5, 5.41) is 9.26. The zero-order valence-electron chi connectivity index (χ0n) is 15.2. The molecule has 0 saturated heterocycles. The molecule has 0 aliphatic rings. The van der Waals surface area contributed by atoms with E-state index in [1.807, 2.05) is 5.38 Å². The monoisotopic (exact) mass is 410 g/mol. The zero-order chi connectivity index (χ0) is 20.4. The van der Waals surface area contributed by atoms with Gasteiger partial charge in [0, 0.05) is 36.1 Å². The van der Waals surface area contributed by atoms with Gasteiger partial charge in [0.25, 0.3) is 11.8 Å². The first-order valence-corrected chi connectivity index (χ1v) is 9.44. The smallest absolute Gasteiger partial charge is 0.276 e. The standard InChI is InChI=1S/C19H15FN6O2S/c1-25(11-17-21-5-6-29-17)19(28)12-7-13(20)9-14(8-12)24-18(27)15-10-22-16-3-2-4-23-26(15)16/h2-10H,11H2,1H3,(H,24,27). The van der Waals surface area contributed by atoms with Gasteiger partial charge in [-0.15, -0.1) is 11.3 Å². The third-order valence-electron chi connectivity index (χ3n) is 4.12. The van der Waals surface area contributed by atoms with Gasteiger partial charge in [-0.1, -0.05) is 0 Å². The van der Waals surface area contributed by atoms with Crippen LogP contribution in [0.1, 0.15) is 25.9 Å². The molecule has 0 unspecified atom stereocenters. The number of imidazole rings is 1. The Morgan fingerprint density at radius 2 is 2.10 bits per heavy atom. The van der Waals surface area contributed by atoms with Gasteiger partial charge in [0.05, 0.1) is 12.7 Å². The van der Waals surface area contributed by atoms with Crippen molar-refractivity contribution in [2.45, 2.75) is 6.54 Å². The molecule has 3 heterocycles. The zero-order valence-corrected chi connectivity index (χ0v) is 16.1. The molecule has 0 aliphatic carbocycles. The second kappa shape index (κ2) is 7.76. The number of rotatable bonds is 5. The molecule has 0 spiro atoms. The van der Waals surface area contributed by atoms with Crippen molar-refractivity contribution in [2.24, 2.45) is 0 Å². The quantitative estimate of drug-likeness (QED) is 0.546. The lowest BCUT2D eigenvalue weighted by molar-refractivity contribution is 0.0784. The summed E-state index contributed by atoms with van der Waals surface area (Å²) in [4.78, 5) is 34.9. The van der Waals surface area contributed by atoms with E-state index in [1.165, 1.54) is 39.2 Å². The van der Waals surface area contributed by atoms with E-state index in [9.17, 15) is 14.0 Å². The molecule has 0 saturated carbocycles. The number of hydrogen-bond donors (Lipinski definition) is 1. The average molecular weight is 410 g/mol. The fourth-order valence-corrected chi connectivity index (χ4v) is 3.46. The summed E-state index contributed by atoms with van der Waals surface area (Å²) in [7, 11) is 1.61. The Morgan fingerprint density at radius 3 is 2.90 bits per heavy atom. The molecule has 0 aliphatic heterocycles. The molecular weight excluding hydrogens is 395 g/mol. The third-order valence-corrected chi connectivity index (χ3v) is 4.88. The van der Waals surface area contributed by atoms with Crippen LogP contribution in [-0.2, 0) is 6.54 Å². The normalized spacial score (nSPS) is 10.8. The van der Waals surface area contributed by atoms with Crippen molar-refractivity contribution >= 4 is 34.5 Å². The SMILES string of the molecule is CN(Cc1nccs1)C(=O)c1cc(F)cc(NC(=O)c2cnc3cccnn23)c1. The average Bonchev–Trinajstić information content (AvgIpc) is 3.36. The molecule has 3 aromatic heterocycles. The van der Waals surface area contributed by atoms with Gasteiger partial charge < -0.3 is 10.2 Å². The van der Waals surface area contributed by atoms with Gasteiger partial charge in [0.2, 0.25) is 0 Å². The third kappa shape index (κ3) is 3.97. The van der Waals surface area contributed by atoms with Crippen molar-refractivity contribution in [1.82, 2.24) is 24.5 Å². The molecular formula is C19H15FN6O2S. The van der Waals surface area contributed by atoms with Crippen LogP contribution in [0.25, 0.3) is 5.65 Å². The first-order chi connectivity index (χ1) is 14.0. The van der Waals surface area contributed by atoms with Gasteiger partial charge in [-0.25, -0.2) is 18.9 Å². The van der Waals surface area contributed by atoms with Crippen LogP contribution in [0.5, 0.6) is 0 Å². The number of nitrogens with zero attached hydrogens (tertiary/aromatic N) is 5. The van der Waals surface area contributed by atoms with Gasteiger partial charge in [-0.2, -0.15) is 5.10 Å². The second-order valence-electron chi connectivity index (χ2n) is 6.21. The highest BCUT2D eigenvalue weighted by Crippen LogP contribution is 2.18. The maximum absolute atomic E-state index is 14.1. The van der Waals surface area contributed by atoms with Crippen LogP contribution >= 0.6 is 11.3 Å². The van der Waals surface area contributed by atoms with Crippen LogP contribution in [-0.4, -0.2) is 43.3 Å². The number of carbonyl (C=O) groups is 2. The van der Waals surface area contributed by atoms with E-state index in [2.05, 4.69) is 20.4 Å². The molecule has 10 heteroatoms. The van der Waals surface area contributed by atoms with Crippen molar-refractivity contribution < 1.29 is 14.0 Å². The highest BCUT2D eigenvalue weighted by Gasteiger charge is 2.17. The molecule has 1 aromatic carbocycles. The summed E-state index contributed by atoms with van der Waals surface area (Å²) in [6.45, 7) is 0.308. The van der Waals surface area contributed by atoms with E-state index in [4.69, 9.17) is 0 Å². The molecule has 4 aromatic rings. The molecule has 146 valence electrons. The topological polar surface area (TPSA) is 92.5 Å². The Labute approximate surface area is 168 Å². The number of anilines is 1. The number of aromatic nitrogens is 4. The lowest BCUT2D eigenvalue weighted by Crippen LogP contribution is -2.26. The first-order valence-electron chi connectivity index (χ1n) is 8.56. The summed E-state index contributed by atoms with van der Waals surface area (Å²) in [5.41, 5.74) is 0.984. The molecule has 0 atom stereocenters. The van der Waals surface area contributed by atoms with Crippen LogP contribution in [0.4, 0.5) is 10.1 Å². The Kier molecular flexibility index (Phi) is 5.00. The Bertz CT molecular complexity index is 1190. The highest BCUT2D eigenvalue weighted by molar-refractivity contribution is 7.09. The molecule has 0 radical (unpaired) electrons. The predicted octanol–water partition coefficient (Wildman–Crippen LogP) is 2.85. The van der Waals surface area contributed by atoms with Crippen molar-refractivity contribution in [3.63, 3.8) is 0 Å². The summed E-state index contributed by atoms with van der Waals surface area (Å²) < 4.78 is 15.5. The Hall–Kier alpha value is -3.66. The summed E-state index contributed by atoms with van der Waals surface area (Å²) >= 11 is 1.43. The lowest BCUT2D eigenvalue weighted by atomic mass is 10.1. The van der Waals surface area contributed by atoms with Crippen LogP contribution < -0.4 is 5.32 Å². The van der Waals surface area contributed by atoms with E-state index >= 15 is 0 Å². The summed E-state index contributed by atoms with van der Waals surface area (Å²) in [5.74, 6) is -1.53. The fourth-order valence-electron chi connectivity index (χ4n) is 2.79. The maximum atomic E-state index is 14.1. The van der Waals surface area contributed by atoms with Crippen LogP contribution in [0, 0.1) is 5.82 Å². The minimum absolute atomic E-state index is 0.121. The number of nitrogens with one attached hydrogen (secondary N) is 1. The van der Waals surface area contributed by atoms with Crippen LogP contribution in [0.3, 0.4) is 0 Å².